The molecule has 0 aromatic heterocycles. The van der Waals surface area contributed by atoms with Gasteiger partial charge in [0.15, 0.2) is 0 Å². The SMILES string of the molecule is CCC(=O)N1CCN(CCCCBr)CC1. The third-order valence-electron chi connectivity index (χ3n) is 2.89. The molecule has 1 amide bonds. The van der Waals surface area contributed by atoms with E-state index < -0.39 is 0 Å². The third-order valence-corrected chi connectivity index (χ3v) is 3.45. The molecule has 0 radical (unpaired) electrons. The van der Waals surface area contributed by atoms with Crippen molar-refractivity contribution >= 4 is 21.8 Å². The number of hydrogen-bond donors (Lipinski definition) is 0. The lowest BCUT2D eigenvalue weighted by molar-refractivity contribution is -0.132. The molecular weight excluding hydrogens is 256 g/mol. The Morgan fingerprint density at radius 2 is 1.87 bits per heavy atom. The van der Waals surface area contributed by atoms with E-state index in [1.54, 1.807) is 0 Å². The van der Waals surface area contributed by atoms with Crippen LogP contribution in [0.5, 0.6) is 0 Å². The van der Waals surface area contributed by atoms with Gasteiger partial charge in [-0.1, -0.05) is 22.9 Å². The second kappa shape index (κ2) is 7.23. The number of rotatable bonds is 5. The molecule has 0 unspecified atom stereocenters. The summed E-state index contributed by atoms with van der Waals surface area (Å²) in [4.78, 5) is 15.9. The van der Waals surface area contributed by atoms with Crippen LogP contribution >= 0.6 is 15.9 Å². The Labute approximate surface area is 101 Å². The number of hydrogen-bond acceptors (Lipinski definition) is 2. The molecule has 0 aromatic rings. The minimum atomic E-state index is 0.301. The van der Waals surface area contributed by atoms with Gasteiger partial charge in [0.25, 0.3) is 0 Å². The third kappa shape index (κ3) is 4.51. The Morgan fingerprint density at radius 1 is 1.20 bits per heavy atom. The summed E-state index contributed by atoms with van der Waals surface area (Å²) < 4.78 is 0. The fourth-order valence-electron chi connectivity index (χ4n) is 1.87. The Bertz CT molecular complexity index is 191. The molecule has 1 aliphatic heterocycles. The zero-order valence-corrected chi connectivity index (χ0v) is 11.1. The number of halogens is 1. The van der Waals surface area contributed by atoms with Gasteiger partial charge in [0, 0.05) is 37.9 Å². The summed E-state index contributed by atoms with van der Waals surface area (Å²) in [5.74, 6) is 0.301. The lowest BCUT2D eigenvalue weighted by Crippen LogP contribution is -2.48. The Hall–Kier alpha value is -0.0900. The summed E-state index contributed by atoms with van der Waals surface area (Å²) in [6.45, 7) is 7.05. The highest BCUT2D eigenvalue weighted by molar-refractivity contribution is 9.09. The molecule has 1 heterocycles. The van der Waals surface area contributed by atoms with Crippen LogP contribution in [0.2, 0.25) is 0 Å². The van der Waals surface area contributed by atoms with Crippen LogP contribution in [0.15, 0.2) is 0 Å². The smallest absolute Gasteiger partial charge is 0.222 e. The predicted molar refractivity (Wildman–Crippen MR) is 66.3 cm³/mol. The Kier molecular flexibility index (Phi) is 6.25. The summed E-state index contributed by atoms with van der Waals surface area (Å²) in [6, 6.07) is 0. The molecule has 0 aromatic carbocycles. The first-order valence-electron chi connectivity index (χ1n) is 5.84. The van der Waals surface area contributed by atoms with Gasteiger partial charge in [-0.05, 0) is 19.4 Å². The van der Waals surface area contributed by atoms with Crippen molar-refractivity contribution in [3.05, 3.63) is 0 Å². The summed E-state index contributed by atoms with van der Waals surface area (Å²) in [5, 5.41) is 1.10. The van der Waals surface area contributed by atoms with Gasteiger partial charge >= 0.3 is 0 Å². The molecule has 0 saturated carbocycles. The highest BCUT2D eigenvalue weighted by Gasteiger charge is 2.18. The van der Waals surface area contributed by atoms with E-state index in [0.29, 0.717) is 12.3 Å². The quantitative estimate of drug-likeness (QED) is 0.564. The molecule has 1 fully saturated rings. The topological polar surface area (TPSA) is 23.6 Å². The van der Waals surface area contributed by atoms with Crippen LogP contribution in [0.1, 0.15) is 26.2 Å². The van der Waals surface area contributed by atoms with Crippen molar-refractivity contribution in [1.82, 2.24) is 9.80 Å². The average Bonchev–Trinajstić information content (AvgIpc) is 2.29. The van der Waals surface area contributed by atoms with Crippen LogP contribution < -0.4 is 0 Å². The summed E-state index contributed by atoms with van der Waals surface area (Å²) in [7, 11) is 0. The standard InChI is InChI=1S/C11H21BrN2O/c1-2-11(15)14-9-7-13(8-10-14)6-4-3-5-12/h2-10H2,1H3. The van der Waals surface area contributed by atoms with Crippen LogP contribution in [0, 0.1) is 0 Å². The summed E-state index contributed by atoms with van der Waals surface area (Å²) >= 11 is 3.44. The summed E-state index contributed by atoms with van der Waals surface area (Å²) in [5.41, 5.74) is 0. The molecule has 1 aliphatic rings. The van der Waals surface area contributed by atoms with Crippen molar-refractivity contribution in [3.8, 4) is 0 Å². The van der Waals surface area contributed by atoms with Crippen LogP contribution in [0.3, 0.4) is 0 Å². The monoisotopic (exact) mass is 276 g/mol. The number of alkyl halides is 1. The maximum Gasteiger partial charge on any atom is 0.222 e. The number of nitrogens with zero attached hydrogens (tertiary/aromatic N) is 2. The maximum absolute atomic E-state index is 11.4. The highest BCUT2D eigenvalue weighted by atomic mass is 79.9. The number of unbranched alkanes of at least 4 members (excludes halogenated alkanes) is 1. The van der Waals surface area contributed by atoms with Gasteiger partial charge in [-0.25, -0.2) is 0 Å². The molecule has 0 bridgehead atoms. The average molecular weight is 277 g/mol. The number of carbonyl (C=O) groups excluding carboxylic acids is 1. The van der Waals surface area contributed by atoms with Crippen molar-refractivity contribution in [3.63, 3.8) is 0 Å². The molecule has 0 atom stereocenters. The van der Waals surface area contributed by atoms with Gasteiger partial charge in [-0.15, -0.1) is 0 Å². The van der Waals surface area contributed by atoms with Crippen molar-refractivity contribution in [2.24, 2.45) is 0 Å². The molecule has 4 heteroatoms. The minimum Gasteiger partial charge on any atom is -0.340 e. The Balaban J connectivity index is 2.15. The second-order valence-electron chi connectivity index (χ2n) is 3.97. The predicted octanol–water partition coefficient (Wildman–Crippen LogP) is 1.72. The lowest BCUT2D eigenvalue weighted by Gasteiger charge is -2.34. The molecule has 0 N–H and O–H groups in total. The van der Waals surface area contributed by atoms with E-state index in [9.17, 15) is 4.79 Å². The van der Waals surface area contributed by atoms with Gasteiger partial charge in [0.05, 0.1) is 0 Å². The van der Waals surface area contributed by atoms with E-state index in [2.05, 4.69) is 20.8 Å². The minimum absolute atomic E-state index is 0.301. The molecular formula is C11H21BrN2O. The van der Waals surface area contributed by atoms with Crippen LogP contribution in [0.4, 0.5) is 0 Å². The molecule has 0 spiro atoms. The molecule has 1 saturated heterocycles. The van der Waals surface area contributed by atoms with Gasteiger partial charge in [-0.3, -0.25) is 9.69 Å². The van der Waals surface area contributed by atoms with Gasteiger partial charge < -0.3 is 4.90 Å². The first-order chi connectivity index (χ1) is 7.27. The molecule has 15 heavy (non-hydrogen) atoms. The second-order valence-corrected chi connectivity index (χ2v) is 4.77. The maximum atomic E-state index is 11.4. The first-order valence-corrected chi connectivity index (χ1v) is 6.96. The largest absolute Gasteiger partial charge is 0.340 e. The number of piperazine rings is 1. The van der Waals surface area contributed by atoms with E-state index in [1.807, 2.05) is 11.8 Å². The van der Waals surface area contributed by atoms with E-state index in [4.69, 9.17) is 0 Å². The van der Waals surface area contributed by atoms with Crippen LogP contribution in [-0.4, -0.2) is 53.8 Å². The fourth-order valence-corrected chi connectivity index (χ4v) is 2.27. The Morgan fingerprint density at radius 3 is 2.40 bits per heavy atom. The van der Waals surface area contributed by atoms with Gasteiger partial charge in [-0.2, -0.15) is 0 Å². The van der Waals surface area contributed by atoms with Crippen molar-refractivity contribution in [2.45, 2.75) is 26.2 Å². The van der Waals surface area contributed by atoms with E-state index in [-0.39, 0.29) is 0 Å². The summed E-state index contributed by atoms with van der Waals surface area (Å²) in [6.07, 6.45) is 3.14. The fraction of sp³-hybridized carbons (Fsp3) is 0.909. The van der Waals surface area contributed by atoms with E-state index in [1.165, 1.54) is 19.4 Å². The van der Waals surface area contributed by atoms with E-state index in [0.717, 1.165) is 31.5 Å². The zero-order chi connectivity index (χ0) is 11.1. The van der Waals surface area contributed by atoms with Crippen LogP contribution in [0.25, 0.3) is 0 Å². The van der Waals surface area contributed by atoms with Crippen molar-refractivity contribution < 1.29 is 4.79 Å². The van der Waals surface area contributed by atoms with E-state index >= 15 is 0 Å². The first kappa shape index (κ1) is 13.0. The molecule has 88 valence electrons. The zero-order valence-electron chi connectivity index (χ0n) is 9.54. The van der Waals surface area contributed by atoms with Gasteiger partial charge in [0.1, 0.15) is 0 Å². The number of amides is 1. The lowest BCUT2D eigenvalue weighted by atomic mass is 10.2. The van der Waals surface area contributed by atoms with Gasteiger partial charge in [0.2, 0.25) is 5.91 Å². The number of carbonyl (C=O) groups is 1. The molecule has 3 nitrogen and oxygen atoms in total. The van der Waals surface area contributed by atoms with Crippen LogP contribution in [-0.2, 0) is 4.79 Å². The van der Waals surface area contributed by atoms with Crippen molar-refractivity contribution in [1.29, 1.82) is 0 Å². The normalized spacial score (nSPS) is 18.1. The highest BCUT2D eigenvalue weighted by Crippen LogP contribution is 2.05. The van der Waals surface area contributed by atoms with Crippen molar-refractivity contribution in [2.75, 3.05) is 38.1 Å². The molecule has 0 aliphatic carbocycles. The molecule has 1 rings (SSSR count).